The smallest absolute Gasteiger partial charge is 0.310 e. The van der Waals surface area contributed by atoms with Crippen LogP contribution in [0, 0.1) is 0 Å². The van der Waals surface area contributed by atoms with Crippen LogP contribution >= 0.6 is 23.2 Å². The van der Waals surface area contributed by atoms with E-state index in [0.717, 1.165) is 0 Å². The zero-order chi connectivity index (χ0) is 7.07. The minimum atomic E-state index is -0.923. The molecule has 1 aliphatic heterocycles. The van der Waals surface area contributed by atoms with Gasteiger partial charge in [0.05, 0.1) is 6.42 Å². The van der Waals surface area contributed by atoms with E-state index in [1.54, 1.807) is 6.92 Å². The molecule has 0 unspecified atom stereocenters. The zero-order valence-corrected chi connectivity index (χ0v) is 6.37. The van der Waals surface area contributed by atoms with Crippen LogP contribution in [0.4, 0.5) is 0 Å². The summed E-state index contributed by atoms with van der Waals surface area (Å²) in [7, 11) is 0. The highest BCUT2D eigenvalue weighted by Gasteiger charge is 2.41. The normalized spacial score (nSPS) is 27.0. The molecule has 0 aliphatic carbocycles. The highest BCUT2D eigenvalue weighted by molar-refractivity contribution is 6.48. The molecule has 2 nitrogen and oxygen atoms in total. The molecule has 0 bridgehead atoms. The summed E-state index contributed by atoms with van der Waals surface area (Å²) >= 11 is 11.2. The molecule has 4 heteroatoms. The zero-order valence-electron chi connectivity index (χ0n) is 4.86. The molecule has 0 aromatic heterocycles. The van der Waals surface area contributed by atoms with Crippen LogP contribution in [0.1, 0.15) is 13.3 Å². The number of ether oxygens (including phenoxy) is 1. The fourth-order valence-corrected chi connectivity index (χ4v) is 0.827. The van der Waals surface area contributed by atoms with Crippen molar-refractivity contribution in [3.05, 3.63) is 0 Å². The van der Waals surface area contributed by atoms with Gasteiger partial charge in [-0.2, -0.15) is 0 Å². The van der Waals surface area contributed by atoms with Gasteiger partial charge >= 0.3 is 5.97 Å². The van der Waals surface area contributed by atoms with E-state index >= 15 is 0 Å². The van der Waals surface area contributed by atoms with E-state index in [-0.39, 0.29) is 12.1 Å². The average molecular weight is 169 g/mol. The maximum absolute atomic E-state index is 10.2. The average Bonchev–Trinajstić information content (AvgIpc) is 1.55. The number of hydrogen-bond acceptors (Lipinski definition) is 2. The molecule has 1 saturated heterocycles. The molecule has 1 heterocycles. The summed E-state index contributed by atoms with van der Waals surface area (Å²) in [5.74, 6) is -0.229. The Morgan fingerprint density at radius 3 is 2.33 bits per heavy atom. The van der Waals surface area contributed by atoms with Crippen molar-refractivity contribution in [3.8, 4) is 0 Å². The Bertz CT molecular complexity index is 130. The summed E-state index contributed by atoms with van der Waals surface area (Å²) in [4.78, 5) is 10.2. The van der Waals surface area contributed by atoms with E-state index in [1.807, 2.05) is 0 Å². The number of alkyl halides is 2. The molecule has 52 valence electrons. The van der Waals surface area contributed by atoms with Crippen LogP contribution in [0.5, 0.6) is 0 Å². The van der Waals surface area contributed by atoms with Gasteiger partial charge in [-0.1, -0.05) is 23.2 Å². The maximum Gasteiger partial charge on any atom is 0.310 e. The number of rotatable bonds is 1. The summed E-state index contributed by atoms with van der Waals surface area (Å²) in [5, 5.41) is 0. The third-order valence-corrected chi connectivity index (χ3v) is 1.68. The summed E-state index contributed by atoms with van der Waals surface area (Å²) < 4.78 is 3.68. The Kier molecular flexibility index (Phi) is 1.61. The van der Waals surface area contributed by atoms with Gasteiger partial charge in [-0.05, 0) is 6.92 Å². The molecular formula is C5H6Cl2O2. The van der Waals surface area contributed by atoms with Crippen molar-refractivity contribution < 1.29 is 9.53 Å². The number of carbonyl (C=O) groups excluding carboxylic acids is 1. The van der Waals surface area contributed by atoms with Crippen LogP contribution < -0.4 is 0 Å². The van der Waals surface area contributed by atoms with Gasteiger partial charge in [0.1, 0.15) is 6.10 Å². The van der Waals surface area contributed by atoms with Crippen LogP contribution in [0.25, 0.3) is 0 Å². The van der Waals surface area contributed by atoms with Gasteiger partial charge in [-0.3, -0.25) is 4.79 Å². The molecule has 0 N–H and O–H groups in total. The Labute approximate surface area is 63.1 Å². The molecule has 0 aromatic carbocycles. The van der Waals surface area contributed by atoms with Crippen molar-refractivity contribution >= 4 is 29.2 Å². The minimum Gasteiger partial charge on any atom is -0.458 e. The molecule has 0 aromatic rings. The topological polar surface area (TPSA) is 26.3 Å². The second-order valence-electron chi connectivity index (χ2n) is 2.14. The fourth-order valence-electron chi connectivity index (χ4n) is 0.583. The number of carbonyl (C=O) groups is 1. The largest absolute Gasteiger partial charge is 0.458 e. The second-order valence-corrected chi connectivity index (χ2v) is 3.90. The van der Waals surface area contributed by atoms with Gasteiger partial charge in [0.25, 0.3) is 0 Å². The molecule has 1 rings (SSSR count). The number of hydrogen-bond donors (Lipinski definition) is 0. The van der Waals surface area contributed by atoms with E-state index < -0.39 is 4.33 Å². The van der Waals surface area contributed by atoms with Crippen LogP contribution in [0.2, 0.25) is 0 Å². The van der Waals surface area contributed by atoms with Gasteiger partial charge in [-0.15, -0.1) is 0 Å². The first-order valence-corrected chi connectivity index (χ1v) is 3.33. The predicted octanol–water partition coefficient (Wildman–Crippen LogP) is 1.50. The summed E-state index contributed by atoms with van der Waals surface area (Å²) in [5.41, 5.74) is 0. The Morgan fingerprint density at radius 1 is 1.78 bits per heavy atom. The van der Waals surface area contributed by atoms with Crippen LogP contribution in [0.3, 0.4) is 0 Å². The monoisotopic (exact) mass is 168 g/mol. The third-order valence-electron chi connectivity index (χ3n) is 1.19. The number of esters is 1. The summed E-state index contributed by atoms with van der Waals surface area (Å²) in [6.45, 7) is 1.60. The molecule has 0 amide bonds. The first-order valence-electron chi connectivity index (χ1n) is 2.57. The highest BCUT2D eigenvalue weighted by atomic mass is 35.5. The Balaban J connectivity index is 2.40. The SMILES string of the molecule is CC(Cl)(Cl)[C@@H]1CC(=O)O1. The quantitative estimate of drug-likeness (QED) is 0.439. The predicted molar refractivity (Wildman–Crippen MR) is 34.6 cm³/mol. The lowest BCUT2D eigenvalue weighted by Crippen LogP contribution is -2.43. The molecule has 1 fully saturated rings. The van der Waals surface area contributed by atoms with E-state index in [0.29, 0.717) is 6.42 Å². The molecular weight excluding hydrogens is 163 g/mol. The standard InChI is InChI=1S/C5H6Cl2O2/c1-5(6,7)3-2-4(8)9-3/h3H,2H2,1H3/t3-/m0/s1. The Hall–Kier alpha value is 0.0500. The van der Waals surface area contributed by atoms with Crippen molar-refractivity contribution in [2.24, 2.45) is 0 Å². The van der Waals surface area contributed by atoms with Gasteiger partial charge in [0.15, 0.2) is 4.33 Å². The molecule has 0 radical (unpaired) electrons. The van der Waals surface area contributed by atoms with E-state index in [2.05, 4.69) is 4.74 Å². The van der Waals surface area contributed by atoms with Crippen LogP contribution in [-0.4, -0.2) is 16.4 Å². The molecule has 1 atom stereocenters. The van der Waals surface area contributed by atoms with Crippen molar-refractivity contribution in [3.63, 3.8) is 0 Å². The number of cyclic esters (lactones) is 1. The number of halogens is 2. The second kappa shape index (κ2) is 2.03. The fraction of sp³-hybridized carbons (Fsp3) is 0.800. The van der Waals surface area contributed by atoms with E-state index in [4.69, 9.17) is 23.2 Å². The van der Waals surface area contributed by atoms with Gasteiger partial charge in [0.2, 0.25) is 0 Å². The van der Waals surface area contributed by atoms with Gasteiger partial charge < -0.3 is 4.74 Å². The summed E-state index contributed by atoms with van der Waals surface area (Å²) in [6, 6.07) is 0. The molecule has 9 heavy (non-hydrogen) atoms. The van der Waals surface area contributed by atoms with Crippen molar-refractivity contribution in [2.45, 2.75) is 23.8 Å². The maximum atomic E-state index is 10.2. The minimum absolute atomic E-state index is 0.229. The first-order chi connectivity index (χ1) is 4.00. The molecule has 1 aliphatic rings. The van der Waals surface area contributed by atoms with Crippen molar-refractivity contribution in [2.75, 3.05) is 0 Å². The summed E-state index contributed by atoms with van der Waals surface area (Å²) in [6.07, 6.45) is 0.0251. The highest BCUT2D eigenvalue weighted by Crippen LogP contribution is 2.34. The van der Waals surface area contributed by atoms with Gasteiger partial charge in [0, 0.05) is 0 Å². The molecule has 0 saturated carbocycles. The van der Waals surface area contributed by atoms with Crippen molar-refractivity contribution in [1.29, 1.82) is 0 Å². The van der Waals surface area contributed by atoms with Crippen LogP contribution in [0.15, 0.2) is 0 Å². The Morgan fingerprint density at radius 2 is 2.22 bits per heavy atom. The molecule has 0 spiro atoms. The van der Waals surface area contributed by atoms with Gasteiger partial charge in [-0.25, -0.2) is 0 Å². The third kappa shape index (κ3) is 1.49. The lowest BCUT2D eigenvalue weighted by molar-refractivity contribution is -0.170. The lowest BCUT2D eigenvalue weighted by atomic mass is 10.1. The lowest BCUT2D eigenvalue weighted by Gasteiger charge is -2.32. The first kappa shape index (κ1) is 7.16. The van der Waals surface area contributed by atoms with E-state index in [9.17, 15) is 4.79 Å². The van der Waals surface area contributed by atoms with E-state index in [1.165, 1.54) is 0 Å². The van der Waals surface area contributed by atoms with Crippen molar-refractivity contribution in [1.82, 2.24) is 0 Å². The van der Waals surface area contributed by atoms with Crippen LogP contribution in [-0.2, 0) is 9.53 Å².